The minimum absolute atomic E-state index is 0.125. The minimum Gasteiger partial charge on any atom is -0.455 e. The molecule has 1 heterocycles. The lowest BCUT2D eigenvalue weighted by atomic mass is 10.3. The lowest BCUT2D eigenvalue weighted by molar-refractivity contribution is -0.282. The number of esters is 1. The molecule has 88 valence electrons. The zero-order valence-corrected chi connectivity index (χ0v) is 7.31. The molecule has 0 spiro atoms. The predicted molar refractivity (Wildman–Crippen MR) is 36.3 cm³/mol. The molecule has 1 aliphatic rings. The first-order valence-corrected chi connectivity index (χ1v) is 3.98. The second-order valence-electron chi connectivity index (χ2n) is 2.96. The molecular weight excluding hydrogens is 227 g/mol. The van der Waals surface area contributed by atoms with E-state index in [1.165, 1.54) is 0 Å². The van der Waals surface area contributed by atoms with Gasteiger partial charge in [0.05, 0.1) is 13.2 Å². The van der Waals surface area contributed by atoms with Gasteiger partial charge in [-0.05, 0) is 0 Å². The Bertz CT molecular complexity index is 244. The van der Waals surface area contributed by atoms with Crippen molar-refractivity contribution in [2.75, 3.05) is 13.2 Å². The molecule has 0 bridgehead atoms. The van der Waals surface area contributed by atoms with Gasteiger partial charge in [-0.15, -0.1) is 0 Å². The molecule has 3 nitrogen and oxygen atoms in total. The molecule has 8 heteroatoms. The molecule has 0 aromatic carbocycles. The number of rotatable bonds is 2. The van der Waals surface area contributed by atoms with Gasteiger partial charge in [0.2, 0.25) is 0 Å². The second-order valence-corrected chi connectivity index (χ2v) is 2.96. The molecule has 15 heavy (non-hydrogen) atoms. The number of carbonyl (C=O) groups excluding carboxylic acids is 1. The van der Waals surface area contributed by atoms with Crippen molar-refractivity contribution in [3.05, 3.63) is 0 Å². The summed E-state index contributed by atoms with van der Waals surface area (Å²) in [5.74, 6) is -8.04. The van der Waals surface area contributed by atoms with Gasteiger partial charge in [0.1, 0.15) is 6.10 Å². The maximum atomic E-state index is 12.3. The third kappa shape index (κ3) is 2.55. The largest absolute Gasteiger partial charge is 0.465 e. The molecule has 0 amide bonds. The molecule has 1 unspecified atom stereocenters. The Morgan fingerprint density at radius 3 is 2.27 bits per heavy atom. The summed E-state index contributed by atoms with van der Waals surface area (Å²) in [6, 6.07) is 0. The van der Waals surface area contributed by atoms with Crippen LogP contribution in [0.1, 0.15) is 6.42 Å². The number of hydrogen-bond donors (Lipinski definition) is 0. The van der Waals surface area contributed by atoms with E-state index in [2.05, 4.69) is 9.47 Å². The van der Waals surface area contributed by atoms with E-state index in [0.29, 0.717) is 0 Å². The van der Waals surface area contributed by atoms with Gasteiger partial charge in [0.15, 0.2) is 0 Å². The molecule has 1 rings (SSSR count). The van der Waals surface area contributed by atoms with Crippen molar-refractivity contribution < 1.29 is 36.2 Å². The first-order chi connectivity index (χ1) is 6.75. The first-order valence-electron chi connectivity index (χ1n) is 3.98. The Morgan fingerprint density at radius 2 is 1.87 bits per heavy atom. The Hall–Kier alpha value is -0.920. The van der Waals surface area contributed by atoms with E-state index in [-0.39, 0.29) is 19.6 Å². The van der Waals surface area contributed by atoms with Crippen LogP contribution in [0.4, 0.5) is 22.0 Å². The summed E-state index contributed by atoms with van der Waals surface area (Å²) in [4.78, 5) is 10.5. The predicted octanol–water partition coefficient (Wildman–Crippen LogP) is 1.52. The van der Waals surface area contributed by atoms with Gasteiger partial charge in [0, 0.05) is 6.42 Å². The lowest BCUT2D eigenvalue weighted by Crippen LogP contribution is -2.46. The highest BCUT2D eigenvalue weighted by atomic mass is 19.4. The topological polar surface area (TPSA) is 35.5 Å². The van der Waals surface area contributed by atoms with E-state index < -0.39 is 24.2 Å². The standard InChI is InChI=1S/C7H7F5O3/c8-6(9,7(10,11)12)5(13)15-4-1-2-14-3-4/h4H,1-3H2. The van der Waals surface area contributed by atoms with E-state index in [1.54, 1.807) is 0 Å². The van der Waals surface area contributed by atoms with Crippen molar-refractivity contribution in [3.8, 4) is 0 Å². The third-order valence-electron chi connectivity index (χ3n) is 1.77. The molecule has 0 radical (unpaired) electrons. The summed E-state index contributed by atoms with van der Waals surface area (Å²) >= 11 is 0. The average Bonchev–Trinajstić information content (AvgIpc) is 2.54. The summed E-state index contributed by atoms with van der Waals surface area (Å²) in [6.45, 7) is 0.0230. The van der Waals surface area contributed by atoms with Crippen LogP contribution in [0.25, 0.3) is 0 Å². The molecular formula is C7H7F5O3. The van der Waals surface area contributed by atoms with E-state index in [0.717, 1.165) is 0 Å². The summed E-state index contributed by atoms with van der Waals surface area (Å²) in [7, 11) is 0. The smallest absolute Gasteiger partial charge is 0.455 e. The van der Waals surface area contributed by atoms with Crippen molar-refractivity contribution in [2.45, 2.75) is 24.6 Å². The van der Waals surface area contributed by atoms with Crippen LogP contribution in [-0.4, -0.2) is 37.4 Å². The molecule has 1 aliphatic heterocycles. The molecule has 1 saturated heterocycles. The quantitative estimate of drug-likeness (QED) is 0.536. The highest BCUT2D eigenvalue weighted by Crippen LogP contribution is 2.36. The lowest BCUT2D eigenvalue weighted by Gasteiger charge is -2.19. The average molecular weight is 234 g/mol. The molecule has 0 aliphatic carbocycles. The van der Waals surface area contributed by atoms with Gasteiger partial charge in [-0.1, -0.05) is 0 Å². The number of halogens is 5. The fourth-order valence-corrected chi connectivity index (χ4v) is 0.947. The van der Waals surface area contributed by atoms with Gasteiger partial charge in [0.25, 0.3) is 0 Å². The van der Waals surface area contributed by atoms with Gasteiger partial charge in [-0.3, -0.25) is 0 Å². The van der Waals surface area contributed by atoms with Crippen molar-refractivity contribution in [3.63, 3.8) is 0 Å². The fraction of sp³-hybridized carbons (Fsp3) is 0.857. The fourth-order valence-electron chi connectivity index (χ4n) is 0.947. The zero-order valence-electron chi connectivity index (χ0n) is 7.31. The van der Waals surface area contributed by atoms with E-state index in [9.17, 15) is 26.7 Å². The Balaban J connectivity index is 2.59. The third-order valence-corrected chi connectivity index (χ3v) is 1.77. The summed E-state index contributed by atoms with van der Waals surface area (Å²) in [5, 5.41) is 0. The highest BCUT2D eigenvalue weighted by molar-refractivity contribution is 5.78. The van der Waals surface area contributed by atoms with Gasteiger partial charge in [-0.25, -0.2) is 4.79 Å². The van der Waals surface area contributed by atoms with Crippen LogP contribution in [0.2, 0.25) is 0 Å². The maximum Gasteiger partial charge on any atom is 0.465 e. The van der Waals surface area contributed by atoms with Crippen LogP contribution in [0.3, 0.4) is 0 Å². The second kappa shape index (κ2) is 3.92. The monoisotopic (exact) mass is 234 g/mol. The van der Waals surface area contributed by atoms with Gasteiger partial charge >= 0.3 is 18.1 Å². The van der Waals surface area contributed by atoms with Crippen LogP contribution < -0.4 is 0 Å². The Labute approximate surface area is 81.1 Å². The van der Waals surface area contributed by atoms with Gasteiger partial charge in [-0.2, -0.15) is 22.0 Å². The van der Waals surface area contributed by atoms with Crippen LogP contribution in [0.5, 0.6) is 0 Å². The molecule has 0 aromatic heterocycles. The SMILES string of the molecule is O=C(OC1CCOC1)C(F)(F)C(F)(F)F. The molecule has 1 fully saturated rings. The number of alkyl halides is 5. The van der Waals surface area contributed by atoms with Crippen molar-refractivity contribution in [2.24, 2.45) is 0 Å². The number of carbonyl (C=O) groups is 1. The Morgan fingerprint density at radius 1 is 1.27 bits per heavy atom. The molecule has 0 saturated carbocycles. The van der Waals surface area contributed by atoms with Crippen molar-refractivity contribution >= 4 is 5.97 Å². The Kier molecular flexibility index (Phi) is 3.17. The van der Waals surface area contributed by atoms with Crippen LogP contribution >= 0.6 is 0 Å². The first kappa shape index (κ1) is 12.2. The van der Waals surface area contributed by atoms with Crippen LogP contribution in [-0.2, 0) is 14.3 Å². The molecule has 1 atom stereocenters. The van der Waals surface area contributed by atoms with E-state index in [4.69, 9.17) is 0 Å². The zero-order chi connectivity index (χ0) is 11.7. The highest BCUT2D eigenvalue weighted by Gasteiger charge is 2.65. The normalized spacial score (nSPS) is 22.9. The van der Waals surface area contributed by atoms with Crippen LogP contribution in [0.15, 0.2) is 0 Å². The molecule has 0 aromatic rings. The van der Waals surface area contributed by atoms with Crippen molar-refractivity contribution in [1.29, 1.82) is 0 Å². The maximum absolute atomic E-state index is 12.3. The minimum atomic E-state index is -5.93. The van der Waals surface area contributed by atoms with Gasteiger partial charge < -0.3 is 9.47 Å². The van der Waals surface area contributed by atoms with E-state index >= 15 is 0 Å². The summed E-state index contributed by atoms with van der Waals surface area (Å²) < 4.78 is 68.3. The summed E-state index contributed by atoms with van der Waals surface area (Å²) in [5.41, 5.74) is 0. The van der Waals surface area contributed by atoms with E-state index in [1.807, 2.05) is 0 Å². The number of hydrogen-bond acceptors (Lipinski definition) is 3. The molecule has 0 N–H and O–H groups in total. The number of ether oxygens (including phenoxy) is 2. The summed E-state index contributed by atoms with van der Waals surface area (Å²) in [6.07, 6.45) is -6.82. The van der Waals surface area contributed by atoms with Crippen LogP contribution in [0, 0.1) is 0 Å². The van der Waals surface area contributed by atoms with Crippen molar-refractivity contribution in [1.82, 2.24) is 0 Å².